The minimum atomic E-state index is -0.431. The van der Waals surface area contributed by atoms with E-state index >= 15 is 0 Å². The molecule has 3 aromatic rings. The van der Waals surface area contributed by atoms with Crippen LogP contribution < -0.4 is 9.64 Å². The van der Waals surface area contributed by atoms with Crippen LogP contribution in [-0.2, 0) is 0 Å². The number of benzene rings is 2. The van der Waals surface area contributed by atoms with E-state index in [0.29, 0.717) is 11.3 Å². The summed E-state index contributed by atoms with van der Waals surface area (Å²) in [5.74, 6) is 0.508. The molecule has 0 spiro atoms. The molecule has 1 fully saturated rings. The van der Waals surface area contributed by atoms with Gasteiger partial charge in [0.05, 0.1) is 11.8 Å². The number of ether oxygens (including phenoxy) is 1. The van der Waals surface area contributed by atoms with Crippen LogP contribution >= 0.6 is 11.8 Å². The Hall–Kier alpha value is -3.12. The molecule has 0 radical (unpaired) electrons. The number of carbonyl (C=O) groups is 1. The number of thioether (sulfide) groups is 1. The number of halogens is 1. The van der Waals surface area contributed by atoms with Gasteiger partial charge in [0, 0.05) is 22.8 Å². The fraction of sp³-hybridized carbons (Fsp3) is 0.167. The lowest BCUT2D eigenvalue weighted by atomic mass is 10.1. The molecular formula is C24H21FN2O2S. The average molecular weight is 421 g/mol. The number of anilines is 1. The van der Waals surface area contributed by atoms with Gasteiger partial charge in [-0.05, 0) is 67.4 Å². The van der Waals surface area contributed by atoms with Crippen LogP contribution in [0, 0.1) is 19.7 Å². The molecule has 0 bridgehead atoms. The van der Waals surface area contributed by atoms with E-state index in [4.69, 9.17) is 4.74 Å². The summed E-state index contributed by atoms with van der Waals surface area (Å²) in [6.45, 7) is 8.03. The predicted molar refractivity (Wildman–Crippen MR) is 118 cm³/mol. The third kappa shape index (κ3) is 4.09. The smallest absolute Gasteiger partial charge is 0.343 e. The molecule has 4 rings (SSSR count). The lowest BCUT2D eigenvalue weighted by Crippen LogP contribution is -2.21. The molecule has 1 atom stereocenters. The highest BCUT2D eigenvalue weighted by Crippen LogP contribution is 2.46. The summed E-state index contributed by atoms with van der Waals surface area (Å²) in [6, 6.07) is 15.5. The van der Waals surface area contributed by atoms with Gasteiger partial charge in [-0.1, -0.05) is 18.7 Å². The van der Waals surface area contributed by atoms with Gasteiger partial charge >= 0.3 is 5.97 Å². The van der Waals surface area contributed by atoms with E-state index in [0.717, 1.165) is 34.0 Å². The molecule has 4 nitrogen and oxygen atoms in total. The Morgan fingerprint density at radius 3 is 2.60 bits per heavy atom. The van der Waals surface area contributed by atoms with Gasteiger partial charge in [0.25, 0.3) is 0 Å². The van der Waals surface area contributed by atoms with E-state index < -0.39 is 5.97 Å². The molecule has 1 aliphatic rings. The Labute approximate surface area is 179 Å². The van der Waals surface area contributed by atoms with Crippen molar-refractivity contribution in [2.45, 2.75) is 19.2 Å². The molecule has 2 heterocycles. The molecule has 152 valence electrons. The Morgan fingerprint density at radius 1 is 1.17 bits per heavy atom. The van der Waals surface area contributed by atoms with E-state index in [1.54, 1.807) is 42.1 Å². The van der Waals surface area contributed by atoms with Gasteiger partial charge in [-0.25, -0.2) is 9.18 Å². The summed E-state index contributed by atoms with van der Waals surface area (Å²) in [5.41, 5.74) is 5.20. The van der Waals surface area contributed by atoms with E-state index in [-0.39, 0.29) is 11.2 Å². The maximum atomic E-state index is 13.3. The van der Waals surface area contributed by atoms with Crippen LogP contribution in [0.25, 0.3) is 0 Å². The Balaban J connectivity index is 1.58. The van der Waals surface area contributed by atoms with Gasteiger partial charge in [0.1, 0.15) is 16.9 Å². The predicted octanol–water partition coefficient (Wildman–Crippen LogP) is 5.82. The zero-order chi connectivity index (χ0) is 21.3. The lowest BCUT2D eigenvalue weighted by molar-refractivity contribution is 0.0734. The molecule has 1 saturated heterocycles. The second-order valence-electron chi connectivity index (χ2n) is 7.18. The van der Waals surface area contributed by atoms with Crippen LogP contribution in [-0.4, -0.2) is 16.7 Å². The van der Waals surface area contributed by atoms with E-state index in [1.807, 2.05) is 26.0 Å². The topological polar surface area (TPSA) is 42.4 Å². The summed E-state index contributed by atoms with van der Waals surface area (Å²) in [7, 11) is 0. The third-order valence-electron chi connectivity index (χ3n) is 4.92. The van der Waals surface area contributed by atoms with E-state index in [1.165, 1.54) is 18.3 Å². The molecule has 2 aromatic carbocycles. The normalized spacial score (nSPS) is 16.0. The molecular weight excluding hydrogens is 399 g/mol. The van der Waals surface area contributed by atoms with Gasteiger partial charge in [-0.3, -0.25) is 4.98 Å². The number of esters is 1. The highest BCUT2D eigenvalue weighted by molar-refractivity contribution is 8.00. The van der Waals surface area contributed by atoms with Crippen molar-refractivity contribution < 1.29 is 13.9 Å². The van der Waals surface area contributed by atoms with Crippen molar-refractivity contribution in [3.63, 3.8) is 0 Å². The molecule has 1 aromatic heterocycles. The molecule has 1 aliphatic heterocycles. The summed E-state index contributed by atoms with van der Waals surface area (Å²) in [4.78, 5) is 18.8. The first-order chi connectivity index (χ1) is 14.4. The van der Waals surface area contributed by atoms with Gasteiger partial charge in [-0.15, -0.1) is 11.8 Å². The number of pyridine rings is 1. The van der Waals surface area contributed by atoms with Crippen LogP contribution in [0.3, 0.4) is 0 Å². The van der Waals surface area contributed by atoms with Gasteiger partial charge in [-0.2, -0.15) is 0 Å². The SMILES string of the molecule is C=C1CSC(c2ccc(F)cc2)N1c1ccc(C(=O)Oc2ccc(C)nc2)cc1C. The Kier molecular flexibility index (Phi) is 5.59. The first-order valence-electron chi connectivity index (χ1n) is 9.52. The van der Waals surface area contributed by atoms with Crippen LogP contribution in [0.4, 0.5) is 10.1 Å². The lowest BCUT2D eigenvalue weighted by Gasteiger charge is -2.28. The van der Waals surface area contributed by atoms with Crippen LogP contribution in [0.1, 0.15) is 32.6 Å². The zero-order valence-corrected chi connectivity index (χ0v) is 17.6. The maximum Gasteiger partial charge on any atom is 0.343 e. The van der Waals surface area contributed by atoms with Crippen molar-refractivity contribution in [2.24, 2.45) is 0 Å². The number of aromatic nitrogens is 1. The number of hydrogen-bond acceptors (Lipinski definition) is 5. The van der Waals surface area contributed by atoms with Crippen molar-refractivity contribution in [3.05, 3.63) is 101 Å². The van der Waals surface area contributed by atoms with Crippen LogP contribution in [0.15, 0.2) is 73.1 Å². The quantitative estimate of drug-likeness (QED) is 0.497. The fourth-order valence-electron chi connectivity index (χ4n) is 3.39. The molecule has 6 heteroatoms. The van der Waals surface area contributed by atoms with Crippen molar-refractivity contribution >= 4 is 23.4 Å². The molecule has 0 N–H and O–H groups in total. The van der Waals surface area contributed by atoms with Crippen molar-refractivity contribution in [3.8, 4) is 5.75 Å². The largest absolute Gasteiger partial charge is 0.421 e. The molecule has 0 aliphatic carbocycles. The van der Waals surface area contributed by atoms with E-state index in [9.17, 15) is 9.18 Å². The third-order valence-corrected chi connectivity index (χ3v) is 6.22. The number of carbonyl (C=O) groups excluding carboxylic acids is 1. The van der Waals surface area contributed by atoms with E-state index in [2.05, 4.69) is 16.5 Å². The minimum Gasteiger partial charge on any atom is -0.421 e. The number of rotatable bonds is 4. The van der Waals surface area contributed by atoms with Crippen molar-refractivity contribution in [1.82, 2.24) is 4.98 Å². The Morgan fingerprint density at radius 2 is 1.93 bits per heavy atom. The summed E-state index contributed by atoms with van der Waals surface area (Å²) in [5, 5.41) is 0.00762. The summed E-state index contributed by atoms with van der Waals surface area (Å²) in [6.07, 6.45) is 1.53. The monoisotopic (exact) mass is 420 g/mol. The highest BCUT2D eigenvalue weighted by Gasteiger charge is 2.31. The zero-order valence-electron chi connectivity index (χ0n) is 16.8. The van der Waals surface area contributed by atoms with Crippen molar-refractivity contribution in [2.75, 3.05) is 10.7 Å². The van der Waals surface area contributed by atoms with Gasteiger partial charge < -0.3 is 9.64 Å². The maximum absolute atomic E-state index is 13.3. The molecule has 0 saturated carbocycles. The molecule has 30 heavy (non-hydrogen) atoms. The first kappa shape index (κ1) is 20.2. The first-order valence-corrected chi connectivity index (χ1v) is 10.6. The number of aryl methyl sites for hydroxylation is 2. The minimum absolute atomic E-state index is 0.00762. The van der Waals surface area contributed by atoms with Gasteiger partial charge in [0.2, 0.25) is 0 Å². The second-order valence-corrected chi connectivity index (χ2v) is 8.25. The van der Waals surface area contributed by atoms with Crippen molar-refractivity contribution in [1.29, 1.82) is 0 Å². The number of nitrogens with zero attached hydrogens (tertiary/aromatic N) is 2. The van der Waals surface area contributed by atoms with Crippen LogP contribution in [0.5, 0.6) is 5.75 Å². The highest BCUT2D eigenvalue weighted by atomic mass is 32.2. The fourth-order valence-corrected chi connectivity index (χ4v) is 4.64. The van der Waals surface area contributed by atoms with Gasteiger partial charge in [0.15, 0.2) is 0 Å². The summed E-state index contributed by atoms with van der Waals surface area (Å²) >= 11 is 1.74. The molecule has 0 amide bonds. The van der Waals surface area contributed by atoms with Crippen LogP contribution in [0.2, 0.25) is 0 Å². The molecule has 1 unspecified atom stereocenters. The number of hydrogen-bond donors (Lipinski definition) is 0. The summed E-state index contributed by atoms with van der Waals surface area (Å²) < 4.78 is 18.8. The Bertz CT molecular complexity index is 1100. The second kappa shape index (κ2) is 8.32. The average Bonchev–Trinajstić information content (AvgIpc) is 3.11. The standard InChI is InChI=1S/C24H21FN2O2S/c1-15-12-19(24(28)29-21-10-4-16(2)26-13-21)7-11-22(15)27-17(3)14-30-23(27)18-5-8-20(25)9-6-18/h4-13,23H,3,14H2,1-2H3.